The Morgan fingerprint density at radius 1 is 1.27 bits per heavy atom. The molecule has 0 heterocycles. The molecule has 0 aromatic carbocycles. The van der Waals surface area contributed by atoms with Crippen LogP contribution in [0.15, 0.2) is 0 Å². The molecule has 0 rings (SSSR count). The molecule has 0 aliphatic heterocycles. The Bertz CT molecular complexity index is 71.7. The van der Waals surface area contributed by atoms with Crippen LogP contribution >= 0.6 is 0 Å². The molecule has 1 unspecified atom stereocenters. The average molecular weight is 162 g/mol. The number of rotatable bonds is 7. The summed E-state index contributed by atoms with van der Waals surface area (Å²) in [5.41, 5.74) is 0. The Morgan fingerprint density at radius 2 is 2.00 bits per heavy atom. The van der Waals surface area contributed by atoms with E-state index in [1.807, 2.05) is 0 Å². The third-order valence-electron chi connectivity index (χ3n) is 1.73. The maximum atomic E-state index is 8.60. The summed E-state index contributed by atoms with van der Waals surface area (Å²) in [6, 6.07) is 0. The third-order valence-corrected chi connectivity index (χ3v) is 1.73. The van der Waals surface area contributed by atoms with Crippen LogP contribution in [0.2, 0.25) is 0 Å². The molecule has 0 radical (unpaired) electrons. The van der Waals surface area contributed by atoms with Crippen molar-refractivity contribution in [1.29, 1.82) is 0 Å². The largest absolute Gasteiger partial charge is 0.394 e. The lowest BCUT2D eigenvalue weighted by Gasteiger charge is -2.08. The van der Waals surface area contributed by atoms with E-state index < -0.39 is 0 Å². The Hall–Kier alpha value is -0.120. The molecule has 0 bridgehead atoms. The van der Waals surface area contributed by atoms with Crippen molar-refractivity contribution in [3.05, 3.63) is 0 Å². The topological polar surface area (TPSA) is 49.7 Å². The van der Waals surface area contributed by atoms with E-state index in [1.165, 1.54) is 12.8 Å². The lowest BCUT2D eigenvalue weighted by Crippen LogP contribution is -2.15. The van der Waals surface area contributed by atoms with E-state index in [9.17, 15) is 0 Å². The standard InChI is InChI=1S/C8H18O3/c1-2-3-4-5-6-8(7-9)11-10/h8-10H,2-7H2,1H3. The minimum absolute atomic E-state index is 0.0946. The molecule has 0 aliphatic carbocycles. The van der Waals surface area contributed by atoms with Crippen LogP contribution in [0.5, 0.6) is 0 Å². The monoisotopic (exact) mass is 162 g/mol. The molecule has 0 saturated heterocycles. The van der Waals surface area contributed by atoms with Gasteiger partial charge in [-0.3, -0.25) is 5.26 Å². The van der Waals surface area contributed by atoms with Crippen molar-refractivity contribution >= 4 is 0 Å². The van der Waals surface area contributed by atoms with Crippen LogP contribution in [0.1, 0.15) is 39.0 Å². The zero-order chi connectivity index (χ0) is 8.53. The Balaban J connectivity index is 3.07. The van der Waals surface area contributed by atoms with Crippen LogP contribution in [0.25, 0.3) is 0 Å². The van der Waals surface area contributed by atoms with Gasteiger partial charge in [0.15, 0.2) is 0 Å². The first-order valence-electron chi connectivity index (χ1n) is 4.26. The first-order chi connectivity index (χ1) is 5.35. The summed E-state index contributed by atoms with van der Waals surface area (Å²) in [5, 5.41) is 16.8. The molecule has 0 saturated carbocycles. The minimum Gasteiger partial charge on any atom is -0.394 e. The summed E-state index contributed by atoms with van der Waals surface area (Å²) in [4.78, 5) is 4.03. The SMILES string of the molecule is CCCCCCC(CO)OO. The molecular weight excluding hydrogens is 144 g/mol. The fourth-order valence-electron chi connectivity index (χ4n) is 0.976. The van der Waals surface area contributed by atoms with Crippen LogP contribution in [0, 0.1) is 0 Å². The first-order valence-corrected chi connectivity index (χ1v) is 4.26. The maximum Gasteiger partial charge on any atom is 0.116 e. The molecule has 11 heavy (non-hydrogen) atoms. The molecule has 3 heteroatoms. The van der Waals surface area contributed by atoms with Crippen LogP contribution in [-0.2, 0) is 4.89 Å². The van der Waals surface area contributed by atoms with Gasteiger partial charge in [0.1, 0.15) is 6.10 Å². The van der Waals surface area contributed by atoms with Gasteiger partial charge in [0.05, 0.1) is 6.61 Å². The van der Waals surface area contributed by atoms with Gasteiger partial charge in [-0.05, 0) is 6.42 Å². The van der Waals surface area contributed by atoms with Gasteiger partial charge < -0.3 is 5.11 Å². The summed E-state index contributed by atoms with van der Waals surface area (Å²) in [6.07, 6.45) is 4.93. The summed E-state index contributed by atoms with van der Waals surface area (Å²) in [5.74, 6) is 0. The normalized spacial score (nSPS) is 13.4. The van der Waals surface area contributed by atoms with Crippen molar-refractivity contribution in [3.63, 3.8) is 0 Å². The molecule has 0 aliphatic rings. The third kappa shape index (κ3) is 6.28. The molecule has 3 nitrogen and oxygen atoms in total. The number of aliphatic hydroxyl groups is 1. The predicted molar refractivity (Wildman–Crippen MR) is 43.3 cm³/mol. The van der Waals surface area contributed by atoms with Crippen LogP contribution in [0.4, 0.5) is 0 Å². The van der Waals surface area contributed by atoms with E-state index in [4.69, 9.17) is 10.4 Å². The second-order valence-electron chi connectivity index (χ2n) is 2.76. The molecule has 68 valence electrons. The van der Waals surface area contributed by atoms with Crippen LogP contribution < -0.4 is 0 Å². The van der Waals surface area contributed by atoms with Crippen molar-refractivity contribution in [2.24, 2.45) is 0 Å². The van der Waals surface area contributed by atoms with Gasteiger partial charge in [-0.2, -0.15) is 0 Å². The molecular formula is C8H18O3. The lowest BCUT2D eigenvalue weighted by atomic mass is 10.1. The average Bonchev–Trinajstić information content (AvgIpc) is 2.05. The second kappa shape index (κ2) is 7.98. The first kappa shape index (κ1) is 10.9. The van der Waals surface area contributed by atoms with Crippen LogP contribution in [0.3, 0.4) is 0 Å². The van der Waals surface area contributed by atoms with Crippen molar-refractivity contribution in [2.75, 3.05) is 6.61 Å². The van der Waals surface area contributed by atoms with Gasteiger partial charge in [0, 0.05) is 0 Å². The van der Waals surface area contributed by atoms with Gasteiger partial charge in [-0.1, -0.05) is 32.6 Å². The fourth-order valence-corrected chi connectivity index (χ4v) is 0.976. The zero-order valence-corrected chi connectivity index (χ0v) is 7.12. The molecule has 0 spiro atoms. The molecule has 0 amide bonds. The number of hydrogen-bond acceptors (Lipinski definition) is 3. The Labute approximate surface area is 67.9 Å². The minimum atomic E-state index is -0.383. The van der Waals surface area contributed by atoms with E-state index >= 15 is 0 Å². The van der Waals surface area contributed by atoms with Gasteiger partial charge in [0.25, 0.3) is 0 Å². The van der Waals surface area contributed by atoms with E-state index in [0.717, 1.165) is 19.3 Å². The summed E-state index contributed by atoms with van der Waals surface area (Å²) >= 11 is 0. The number of unbranched alkanes of at least 4 members (excludes halogenated alkanes) is 3. The van der Waals surface area contributed by atoms with Crippen molar-refractivity contribution in [2.45, 2.75) is 45.1 Å². The van der Waals surface area contributed by atoms with Crippen molar-refractivity contribution in [1.82, 2.24) is 0 Å². The van der Waals surface area contributed by atoms with Gasteiger partial charge in [-0.15, -0.1) is 0 Å². The summed E-state index contributed by atoms with van der Waals surface area (Å²) in [6.45, 7) is 2.05. The Kier molecular flexibility index (Phi) is 7.89. The highest BCUT2D eigenvalue weighted by Crippen LogP contribution is 2.06. The van der Waals surface area contributed by atoms with Gasteiger partial charge in [-0.25, -0.2) is 4.89 Å². The Morgan fingerprint density at radius 3 is 2.45 bits per heavy atom. The van der Waals surface area contributed by atoms with Crippen molar-refractivity contribution in [3.8, 4) is 0 Å². The lowest BCUT2D eigenvalue weighted by molar-refractivity contribution is -0.286. The molecule has 1 atom stereocenters. The van der Waals surface area contributed by atoms with E-state index in [-0.39, 0.29) is 12.7 Å². The highest BCUT2D eigenvalue weighted by molar-refractivity contribution is 4.53. The van der Waals surface area contributed by atoms with Gasteiger partial charge in [0.2, 0.25) is 0 Å². The van der Waals surface area contributed by atoms with Crippen LogP contribution in [-0.4, -0.2) is 23.1 Å². The zero-order valence-electron chi connectivity index (χ0n) is 7.12. The number of hydrogen-bond donors (Lipinski definition) is 2. The predicted octanol–water partition coefficient (Wildman–Crippen LogP) is 1.81. The van der Waals surface area contributed by atoms with Gasteiger partial charge >= 0.3 is 0 Å². The smallest absolute Gasteiger partial charge is 0.116 e. The molecule has 0 aromatic rings. The second-order valence-corrected chi connectivity index (χ2v) is 2.76. The molecule has 0 fully saturated rings. The molecule has 0 aromatic heterocycles. The maximum absolute atomic E-state index is 8.60. The van der Waals surface area contributed by atoms with E-state index in [0.29, 0.717) is 0 Å². The van der Waals surface area contributed by atoms with Crippen molar-refractivity contribution < 1.29 is 15.3 Å². The van der Waals surface area contributed by atoms with E-state index in [1.54, 1.807) is 0 Å². The highest BCUT2D eigenvalue weighted by atomic mass is 17.1. The molecule has 2 N–H and O–H groups in total. The summed E-state index contributed by atoms with van der Waals surface area (Å²) < 4.78 is 0. The van der Waals surface area contributed by atoms with E-state index in [2.05, 4.69) is 11.8 Å². The quantitative estimate of drug-likeness (QED) is 0.341. The highest BCUT2D eigenvalue weighted by Gasteiger charge is 2.05. The summed E-state index contributed by atoms with van der Waals surface area (Å²) in [7, 11) is 0. The fraction of sp³-hybridized carbons (Fsp3) is 1.00. The number of aliphatic hydroxyl groups excluding tert-OH is 1.